The quantitative estimate of drug-likeness (QED) is 0.903. The highest BCUT2D eigenvalue weighted by molar-refractivity contribution is 7.99. The minimum atomic E-state index is -0.990. The first-order valence-corrected chi connectivity index (χ1v) is 5.64. The summed E-state index contributed by atoms with van der Waals surface area (Å²) in [6.07, 6.45) is 1.23. The lowest BCUT2D eigenvalue weighted by molar-refractivity contribution is 0.0696. The highest BCUT2D eigenvalue weighted by Crippen LogP contribution is 2.30. The summed E-state index contributed by atoms with van der Waals surface area (Å²) in [5, 5.41) is 9.30. The van der Waals surface area contributed by atoms with Gasteiger partial charge in [-0.1, -0.05) is 11.8 Å². The lowest BCUT2D eigenvalue weighted by Crippen LogP contribution is -1.91. The Morgan fingerprint density at radius 3 is 2.59 bits per heavy atom. The van der Waals surface area contributed by atoms with Gasteiger partial charge in [-0.15, -0.1) is 0 Å². The van der Waals surface area contributed by atoms with Gasteiger partial charge in [0.1, 0.15) is 12.0 Å². The highest BCUT2D eigenvalue weighted by Gasteiger charge is 2.09. The lowest BCUT2D eigenvalue weighted by Gasteiger charge is -2.00. The number of methoxy groups -OCH3 is 1. The number of carbonyl (C=O) groups is 1. The van der Waals surface area contributed by atoms with Crippen molar-refractivity contribution in [3.8, 4) is 5.75 Å². The van der Waals surface area contributed by atoms with E-state index in [9.17, 15) is 4.79 Å². The zero-order chi connectivity index (χ0) is 12.3. The molecule has 1 aromatic heterocycles. The van der Waals surface area contributed by atoms with Gasteiger partial charge in [0.25, 0.3) is 0 Å². The first kappa shape index (κ1) is 11.6. The molecule has 0 aliphatic rings. The van der Waals surface area contributed by atoms with Crippen molar-refractivity contribution < 1.29 is 19.1 Å². The molecule has 2 rings (SSSR count). The molecule has 2 aromatic rings. The molecular weight excluding hydrogens is 240 g/mol. The Labute approximate surface area is 102 Å². The van der Waals surface area contributed by atoms with Crippen LogP contribution in [0.3, 0.4) is 0 Å². The van der Waals surface area contributed by atoms with Crippen molar-refractivity contribution in [1.82, 2.24) is 0 Å². The average Bonchev–Trinajstić information content (AvgIpc) is 2.79. The summed E-state index contributed by atoms with van der Waals surface area (Å²) in [6, 6.07) is 8.93. The van der Waals surface area contributed by atoms with Crippen molar-refractivity contribution in [2.45, 2.75) is 9.99 Å². The number of benzene rings is 1. The van der Waals surface area contributed by atoms with Gasteiger partial charge < -0.3 is 14.3 Å². The van der Waals surface area contributed by atoms with E-state index in [0.717, 1.165) is 10.6 Å². The molecule has 0 unspecified atom stereocenters. The maximum absolute atomic E-state index is 10.7. The Bertz CT molecular complexity index is 516. The van der Waals surface area contributed by atoms with Crippen molar-refractivity contribution in [3.63, 3.8) is 0 Å². The van der Waals surface area contributed by atoms with E-state index in [1.807, 2.05) is 24.3 Å². The molecule has 0 spiro atoms. The Kier molecular flexibility index (Phi) is 3.39. The molecule has 0 aliphatic heterocycles. The predicted molar refractivity (Wildman–Crippen MR) is 62.8 cm³/mol. The Morgan fingerprint density at radius 2 is 2.06 bits per heavy atom. The molecule has 88 valence electrons. The second kappa shape index (κ2) is 4.97. The monoisotopic (exact) mass is 250 g/mol. The van der Waals surface area contributed by atoms with E-state index in [1.165, 1.54) is 24.1 Å². The zero-order valence-corrected chi connectivity index (χ0v) is 9.86. The molecule has 0 fully saturated rings. The van der Waals surface area contributed by atoms with Gasteiger partial charge in [0.2, 0.25) is 0 Å². The Balaban J connectivity index is 2.11. The highest BCUT2D eigenvalue weighted by atomic mass is 32.2. The molecule has 0 amide bonds. The molecule has 0 radical (unpaired) electrons. The maximum Gasteiger partial charge on any atom is 0.339 e. The summed E-state index contributed by atoms with van der Waals surface area (Å²) < 4.78 is 10.2. The Morgan fingerprint density at radius 1 is 1.35 bits per heavy atom. The van der Waals surface area contributed by atoms with Gasteiger partial charge in [0.05, 0.1) is 12.7 Å². The molecule has 17 heavy (non-hydrogen) atoms. The maximum atomic E-state index is 10.7. The first-order chi connectivity index (χ1) is 8.19. The summed E-state index contributed by atoms with van der Waals surface area (Å²) in [5.74, 6) is -0.213. The SMILES string of the molecule is COc1ccc(Sc2cc(C(=O)O)co2)cc1. The Hall–Kier alpha value is -1.88. The fourth-order valence-corrected chi connectivity index (χ4v) is 2.03. The minimum Gasteiger partial charge on any atom is -0.497 e. The molecule has 4 nitrogen and oxygen atoms in total. The first-order valence-electron chi connectivity index (χ1n) is 4.83. The summed E-state index contributed by atoms with van der Waals surface area (Å²) >= 11 is 1.36. The van der Waals surface area contributed by atoms with E-state index >= 15 is 0 Å². The third kappa shape index (κ3) is 2.82. The van der Waals surface area contributed by atoms with E-state index in [2.05, 4.69) is 0 Å². The van der Waals surface area contributed by atoms with Crippen LogP contribution in [0.4, 0.5) is 0 Å². The summed E-state index contributed by atoms with van der Waals surface area (Å²) in [6.45, 7) is 0. The topological polar surface area (TPSA) is 59.7 Å². The van der Waals surface area contributed by atoms with E-state index < -0.39 is 5.97 Å². The number of carboxylic acid groups (broad SMARTS) is 1. The van der Waals surface area contributed by atoms with Gasteiger partial charge in [-0.3, -0.25) is 0 Å². The van der Waals surface area contributed by atoms with Gasteiger partial charge in [-0.25, -0.2) is 4.79 Å². The molecule has 0 saturated carbocycles. The fraction of sp³-hybridized carbons (Fsp3) is 0.0833. The number of hydrogen-bond donors (Lipinski definition) is 1. The number of hydrogen-bond acceptors (Lipinski definition) is 4. The average molecular weight is 250 g/mol. The molecule has 1 aromatic carbocycles. The number of rotatable bonds is 4. The van der Waals surface area contributed by atoms with Crippen LogP contribution in [0.15, 0.2) is 51.0 Å². The third-order valence-electron chi connectivity index (χ3n) is 2.10. The van der Waals surface area contributed by atoms with Crippen molar-refractivity contribution in [1.29, 1.82) is 0 Å². The molecular formula is C12H10O4S. The van der Waals surface area contributed by atoms with E-state index in [4.69, 9.17) is 14.3 Å². The van der Waals surface area contributed by atoms with Crippen LogP contribution < -0.4 is 4.74 Å². The van der Waals surface area contributed by atoms with E-state index in [0.29, 0.717) is 5.09 Å². The number of carboxylic acids is 1. The minimum absolute atomic E-state index is 0.154. The zero-order valence-electron chi connectivity index (χ0n) is 9.04. The van der Waals surface area contributed by atoms with Gasteiger partial charge in [0, 0.05) is 11.0 Å². The summed E-state index contributed by atoms with van der Waals surface area (Å²) in [4.78, 5) is 11.6. The molecule has 0 atom stereocenters. The van der Waals surface area contributed by atoms with Gasteiger partial charge in [-0.2, -0.15) is 0 Å². The van der Waals surface area contributed by atoms with Gasteiger partial charge in [-0.05, 0) is 24.3 Å². The normalized spacial score (nSPS) is 10.2. The van der Waals surface area contributed by atoms with Crippen LogP contribution in [0.2, 0.25) is 0 Å². The molecule has 0 saturated heterocycles. The van der Waals surface area contributed by atoms with E-state index in [1.54, 1.807) is 7.11 Å². The van der Waals surface area contributed by atoms with Crippen LogP contribution in [0.1, 0.15) is 10.4 Å². The van der Waals surface area contributed by atoms with Crippen LogP contribution in [0, 0.1) is 0 Å². The van der Waals surface area contributed by atoms with Gasteiger partial charge >= 0.3 is 5.97 Å². The van der Waals surface area contributed by atoms with Crippen LogP contribution in [-0.2, 0) is 0 Å². The number of ether oxygens (including phenoxy) is 1. The molecule has 0 bridgehead atoms. The van der Waals surface area contributed by atoms with Crippen molar-refractivity contribution in [3.05, 3.63) is 42.2 Å². The van der Waals surface area contributed by atoms with Crippen molar-refractivity contribution in [2.75, 3.05) is 7.11 Å². The third-order valence-corrected chi connectivity index (χ3v) is 3.02. The smallest absolute Gasteiger partial charge is 0.339 e. The number of aromatic carboxylic acids is 1. The van der Waals surface area contributed by atoms with Crippen LogP contribution in [-0.4, -0.2) is 18.2 Å². The van der Waals surface area contributed by atoms with Crippen LogP contribution in [0.25, 0.3) is 0 Å². The van der Waals surface area contributed by atoms with E-state index in [-0.39, 0.29) is 5.56 Å². The van der Waals surface area contributed by atoms with Crippen molar-refractivity contribution >= 4 is 17.7 Å². The predicted octanol–water partition coefficient (Wildman–Crippen LogP) is 3.14. The van der Waals surface area contributed by atoms with Crippen LogP contribution in [0.5, 0.6) is 5.75 Å². The lowest BCUT2D eigenvalue weighted by atomic mass is 10.3. The molecule has 1 N–H and O–H groups in total. The second-order valence-electron chi connectivity index (χ2n) is 3.24. The number of furan rings is 1. The van der Waals surface area contributed by atoms with Crippen molar-refractivity contribution in [2.24, 2.45) is 0 Å². The van der Waals surface area contributed by atoms with Gasteiger partial charge in [0.15, 0.2) is 5.09 Å². The molecule has 0 aliphatic carbocycles. The molecule has 1 heterocycles. The molecule has 5 heteroatoms. The summed E-state index contributed by atoms with van der Waals surface area (Å²) in [5.41, 5.74) is 0.154. The standard InChI is InChI=1S/C12H10O4S/c1-15-9-2-4-10(5-3-9)17-11-6-8(7-16-11)12(13)14/h2-7H,1H3,(H,13,14). The largest absolute Gasteiger partial charge is 0.497 e. The van der Waals surface area contributed by atoms with Crippen LogP contribution >= 0.6 is 11.8 Å². The second-order valence-corrected chi connectivity index (χ2v) is 4.32. The summed E-state index contributed by atoms with van der Waals surface area (Å²) in [7, 11) is 1.60. The fourth-order valence-electron chi connectivity index (χ4n) is 1.24.